The van der Waals surface area contributed by atoms with Gasteiger partial charge in [0.1, 0.15) is 5.54 Å². The zero-order chi connectivity index (χ0) is 19.9. The van der Waals surface area contributed by atoms with Gasteiger partial charge in [0.05, 0.1) is 30.7 Å². The van der Waals surface area contributed by atoms with Gasteiger partial charge in [-0.2, -0.15) is 0 Å². The Morgan fingerprint density at radius 3 is 2.56 bits per heavy atom. The first-order valence-electron chi connectivity index (χ1n) is 9.39. The predicted molar refractivity (Wildman–Crippen MR) is 98.5 cm³/mol. The summed E-state index contributed by atoms with van der Waals surface area (Å²) in [5.41, 5.74) is 0.509. The number of nitrogens with zero attached hydrogens (tertiary/aromatic N) is 2. The van der Waals surface area contributed by atoms with E-state index in [1.807, 2.05) is 32.9 Å². The maximum absolute atomic E-state index is 12.9. The van der Waals surface area contributed by atoms with Crippen LogP contribution in [0.2, 0.25) is 0 Å². The van der Waals surface area contributed by atoms with E-state index in [0.717, 1.165) is 16.9 Å². The fourth-order valence-corrected chi connectivity index (χ4v) is 4.51. The second-order valence-corrected chi connectivity index (χ2v) is 7.87. The van der Waals surface area contributed by atoms with Crippen LogP contribution in [-0.4, -0.2) is 47.4 Å². The molecular weight excluding hydrogens is 346 g/mol. The number of rotatable bonds is 5. The number of hydrogen-bond donors (Lipinski definition) is 1. The minimum Gasteiger partial charge on any atom is -0.468 e. The molecule has 3 heterocycles. The van der Waals surface area contributed by atoms with Crippen molar-refractivity contribution in [1.82, 2.24) is 15.2 Å². The Labute approximate surface area is 159 Å². The van der Waals surface area contributed by atoms with Gasteiger partial charge in [0.2, 0.25) is 11.8 Å². The normalized spacial score (nSPS) is 30.1. The van der Waals surface area contributed by atoms with Gasteiger partial charge < -0.3 is 4.74 Å². The minimum absolute atomic E-state index is 0.125. The number of amides is 2. The first-order valence-corrected chi connectivity index (χ1v) is 9.39. The van der Waals surface area contributed by atoms with Crippen molar-refractivity contribution in [2.24, 2.45) is 17.8 Å². The highest BCUT2D eigenvalue weighted by atomic mass is 16.5. The third-order valence-electron chi connectivity index (χ3n) is 5.73. The molecule has 146 valence electrons. The van der Waals surface area contributed by atoms with Crippen molar-refractivity contribution in [3.8, 4) is 0 Å². The predicted octanol–water partition coefficient (Wildman–Crippen LogP) is 1.48. The fraction of sp³-hybridized carbons (Fsp3) is 0.600. The van der Waals surface area contributed by atoms with E-state index in [9.17, 15) is 14.4 Å². The molecule has 2 aliphatic rings. The average molecular weight is 373 g/mol. The summed E-state index contributed by atoms with van der Waals surface area (Å²) in [6.07, 6.45) is 3.03. The molecule has 1 aromatic heterocycles. The van der Waals surface area contributed by atoms with E-state index >= 15 is 0 Å². The lowest BCUT2D eigenvalue weighted by Gasteiger charge is -2.33. The molecule has 0 bridgehead atoms. The maximum Gasteiger partial charge on any atom is 0.326 e. The van der Waals surface area contributed by atoms with Crippen LogP contribution < -0.4 is 5.32 Å². The molecule has 0 aliphatic carbocycles. The van der Waals surface area contributed by atoms with E-state index in [4.69, 9.17) is 4.74 Å². The zero-order valence-corrected chi connectivity index (χ0v) is 16.5. The largest absolute Gasteiger partial charge is 0.468 e. The summed E-state index contributed by atoms with van der Waals surface area (Å²) in [7, 11) is 2.79. The summed E-state index contributed by atoms with van der Waals surface area (Å²) in [6.45, 7) is 6.00. The van der Waals surface area contributed by atoms with Crippen LogP contribution in [0, 0.1) is 17.8 Å². The second kappa shape index (κ2) is 7.03. The molecule has 0 spiro atoms. The Kier molecular flexibility index (Phi) is 5.08. The number of carbonyl (C=O) groups excluding carboxylic acids is 3. The Morgan fingerprint density at radius 1 is 1.33 bits per heavy atom. The van der Waals surface area contributed by atoms with Crippen LogP contribution in [0.5, 0.6) is 0 Å². The number of imide groups is 1. The number of aryl methyl sites for hydroxylation is 1. The van der Waals surface area contributed by atoms with Crippen molar-refractivity contribution in [2.45, 2.75) is 45.2 Å². The standard InChI is InChI=1S/C20H27N3O4/c1-6-12-7-8-13(21-10-12)16-14-15(18(25)23(4)17(14)24)20(22-16,9-11(2)3)19(26)27-5/h7-8,10-11,14-16,22H,6,9H2,1-5H3/t14-,15-,16-,20-/m0/s1. The monoisotopic (exact) mass is 373 g/mol. The number of fused-ring (bicyclic) bond motifs is 1. The molecule has 2 saturated heterocycles. The van der Waals surface area contributed by atoms with Crippen molar-refractivity contribution in [1.29, 1.82) is 0 Å². The number of esters is 1. The van der Waals surface area contributed by atoms with Gasteiger partial charge in [-0.25, -0.2) is 0 Å². The lowest BCUT2D eigenvalue weighted by atomic mass is 9.75. The molecule has 2 aliphatic heterocycles. The van der Waals surface area contributed by atoms with Gasteiger partial charge >= 0.3 is 5.97 Å². The highest BCUT2D eigenvalue weighted by Gasteiger charge is 2.68. The number of likely N-dealkylation sites (tertiary alicyclic amines) is 1. The van der Waals surface area contributed by atoms with Crippen molar-refractivity contribution < 1.29 is 19.1 Å². The third kappa shape index (κ3) is 2.94. The molecule has 0 unspecified atom stereocenters. The number of nitrogens with one attached hydrogen (secondary N) is 1. The van der Waals surface area contributed by atoms with E-state index in [-0.39, 0.29) is 17.7 Å². The molecule has 27 heavy (non-hydrogen) atoms. The highest BCUT2D eigenvalue weighted by molar-refractivity contribution is 6.09. The van der Waals surface area contributed by atoms with Crippen LogP contribution in [0.4, 0.5) is 0 Å². The van der Waals surface area contributed by atoms with Gasteiger partial charge in [0.15, 0.2) is 0 Å². The van der Waals surface area contributed by atoms with Gasteiger partial charge in [-0.3, -0.25) is 29.6 Å². The SMILES string of the molecule is CCc1ccc([C@@H]2N[C@](CC(C)C)(C(=O)OC)[C@@H]3C(=O)N(C)C(=O)[C@@H]32)nc1. The molecule has 1 aromatic rings. The molecule has 2 fully saturated rings. The Bertz CT molecular complexity index is 761. The molecule has 7 nitrogen and oxygen atoms in total. The lowest BCUT2D eigenvalue weighted by molar-refractivity contribution is -0.154. The first kappa shape index (κ1) is 19.5. The Morgan fingerprint density at radius 2 is 2.04 bits per heavy atom. The van der Waals surface area contributed by atoms with Crippen LogP contribution in [0.15, 0.2) is 18.3 Å². The quantitative estimate of drug-likeness (QED) is 0.621. The van der Waals surface area contributed by atoms with E-state index in [0.29, 0.717) is 12.1 Å². The fourth-order valence-electron chi connectivity index (χ4n) is 4.51. The summed E-state index contributed by atoms with van der Waals surface area (Å²) in [5.74, 6) is -2.45. The topological polar surface area (TPSA) is 88.6 Å². The summed E-state index contributed by atoms with van der Waals surface area (Å²) in [5, 5.41) is 3.32. The number of pyridine rings is 1. The molecule has 0 saturated carbocycles. The molecule has 2 amide bonds. The van der Waals surface area contributed by atoms with Crippen molar-refractivity contribution >= 4 is 17.8 Å². The Balaban J connectivity index is 2.12. The molecule has 4 atom stereocenters. The Hall–Kier alpha value is -2.28. The molecule has 3 rings (SSSR count). The van der Waals surface area contributed by atoms with Gasteiger partial charge in [-0.15, -0.1) is 0 Å². The van der Waals surface area contributed by atoms with Crippen LogP contribution in [0.25, 0.3) is 0 Å². The van der Waals surface area contributed by atoms with E-state index in [2.05, 4.69) is 10.3 Å². The maximum atomic E-state index is 12.9. The third-order valence-corrected chi connectivity index (χ3v) is 5.73. The summed E-state index contributed by atoms with van der Waals surface area (Å²) in [6, 6.07) is 3.32. The summed E-state index contributed by atoms with van der Waals surface area (Å²) in [4.78, 5) is 44.3. The zero-order valence-electron chi connectivity index (χ0n) is 16.5. The van der Waals surface area contributed by atoms with Crippen LogP contribution in [0.3, 0.4) is 0 Å². The first-order chi connectivity index (χ1) is 12.8. The number of carbonyl (C=O) groups is 3. The van der Waals surface area contributed by atoms with Crippen molar-refractivity contribution in [2.75, 3.05) is 14.2 Å². The van der Waals surface area contributed by atoms with E-state index < -0.39 is 29.4 Å². The van der Waals surface area contributed by atoms with Crippen molar-refractivity contribution in [3.05, 3.63) is 29.6 Å². The van der Waals surface area contributed by atoms with Gasteiger partial charge in [-0.1, -0.05) is 26.8 Å². The lowest BCUT2D eigenvalue weighted by Crippen LogP contribution is -2.56. The number of aromatic nitrogens is 1. The second-order valence-electron chi connectivity index (χ2n) is 7.87. The van der Waals surface area contributed by atoms with Gasteiger partial charge in [0.25, 0.3) is 0 Å². The highest BCUT2D eigenvalue weighted by Crippen LogP contribution is 2.50. The van der Waals surface area contributed by atoms with Crippen LogP contribution in [0.1, 0.15) is 44.5 Å². The number of hydrogen-bond acceptors (Lipinski definition) is 6. The smallest absolute Gasteiger partial charge is 0.326 e. The van der Waals surface area contributed by atoms with Crippen LogP contribution >= 0.6 is 0 Å². The number of ether oxygens (including phenoxy) is 1. The van der Waals surface area contributed by atoms with Gasteiger partial charge in [0, 0.05) is 13.2 Å². The average Bonchev–Trinajstić information content (AvgIpc) is 3.11. The molecule has 0 radical (unpaired) electrons. The van der Waals surface area contributed by atoms with E-state index in [1.165, 1.54) is 14.2 Å². The summed E-state index contributed by atoms with van der Waals surface area (Å²) >= 11 is 0. The minimum atomic E-state index is -1.24. The number of methoxy groups -OCH3 is 1. The molecule has 0 aromatic carbocycles. The molecule has 1 N–H and O–H groups in total. The van der Waals surface area contributed by atoms with Crippen molar-refractivity contribution in [3.63, 3.8) is 0 Å². The van der Waals surface area contributed by atoms with E-state index in [1.54, 1.807) is 6.20 Å². The molecular formula is C20H27N3O4. The molecule has 7 heteroatoms. The summed E-state index contributed by atoms with van der Waals surface area (Å²) < 4.78 is 5.08. The van der Waals surface area contributed by atoms with Gasteiger partial charge in [-0.05, 0) is 30.4 Å². The van der Waals surface area contributed by atoms with Crippen LogP contribution in [-0.2, 0) is 25.5 Å².